The highest BCUT2D eigenvalue weighted by Gasteiger charge is 2.20. The summed E-state index contributed by atoms with van der Waals surface area (Å²) in [7, 11) is 2.09. The first-order valence-corrected chi connectivity index (χ1v) is 13.4. The monoisotopic (exact) mass is 532 g/mol. The maximum atomic E-state index is 14.1. The highest BCUT2D eigenvalue weighted by atomic mass is 19.1. The molecule has 1 aliphatic heterocycles. The molecule has 0 bridgehead atoms. The molecule has 1 amide bonds. The zero-order chi connectivity index (χ0) is 27.9. The van der Waals surface area contributed by atoms with E-state index in [-0.39, 0.29) is 35.9 Å². The van der Waals surface area contributed by atoms with Gasteiger partial charge in [0.25, 0.3) is 5.91 Å². The summed E-state index contributed by atoms with van der Waals surface area (Å²) in [5, 5.41) is 24.1. The van der Waals surface area contributed by atoms with E-state index in [1.165, 1.54) is 18.2 Å². The lowest BCUT2D eigenvalue weighted by Crippen LogP contribution is -2.35. The summed E-state index contributed by atoms with van der Waals surface area (Å²) in [6, 6.07) is 14.5. The smallest absolute Gasteiger partial charge is 0.251 e. The first kappa shape index (κ1) is 28.2. The molecule has 6 nitrogen and oxygen atoms in total. The number of hydrogen-bond acceptors (Lipinski definition) is 5. The predicted molar refractivity (Wildman–Crippen MR) is 152 cm³/mol. The molecule has 1 saturated heterocycles. The second kappa shape index (κ2) is 12.8. The molecule has 39 heavy (non-hydrogen) atoms. The van der Waals surface area contributed by atoms with Crippen LogP contribution in [0.1, 0.15) is 48.2 Å². The zero-order valence-electron chi connectivity index (χ0n) is 22.8. The number of carbonyl (C=O) groups excluding carboxylic acids is 1. The molecule has 0 spiro atoms. The summed E-state index contributed by atoms with van der Waals surface area (Å²) in [5.74, 6) is 0.0903. The Bertz CT molecular complexity index is 1340. The van der Waals surface area contributed by atoms with Gasteiger partial charge in [-0.05, 0) is 99.7 Å². The lowest BCUT2D eigenvalue weighted by molar-refractivity contribution is 0.0953. The van der Waals surface area contributed by atoms with E-state index in [2.05, 4.69) is 17.3 Å². The number of aromatic hydroxyl groups is 2. The number of allylic oxidation sites excluding steroid dienone is 2. The highest BCUT2D eigenvalue weighted by Crippen LogP contribution is 2.36. The Morgan fingerprint density at radius 3 is 2.56 bits per heavy atom. The lowest BCUT2D eigenvalue weighted by atomic mass is 9.96. The van der Waals surface area contributed by atoms with Gasteiger partial charge in [0.05, 0.1) is 0 Å². The fraction of sp³-hybridized carbons (Fsp3) is 0.344. The van der Waals surface area contributed by atoms with Gasteiger partial charge < -0.3 is 25.2 Å². The van der Waals surface area contributed by atoms with Gasteiger partial charge in [0, 0.05) is 36.8 Å². The van der Waals surface area contributed by atoms with Crippen molar-refractivity contribution in [3.05, 3.63) is 88.8 Å². The Kier molecular flexibility index (Phi) is 9.25. The normalized spacial score (nSPS) is 14.2. The van der Waals surface area contributed by atoms with Crippen molar-refractivity contribution in [2.75, 3.05) is 26.7 Å². The zero-order valence-corrected chi connectivity index (χ0v) is 22.8. The molecular formula is C32H37FN2O4. The topological polar surface area (TPSA) is 82.0 Å². The van der Waals surface area contributed by atoms with Crippen LogP contribution >= 0.6 is 0 Å². The van der Waals surface area contributed by atoms with Gasteiger partial charge >= 0.3 is 0 Å². The summed E-state index contributed by atoms with van der Waals surface area (Å²) >= 11 is 0. The summed E-state index contributed by atoms with van der Waals surface area (Å²) in [5.41, 5.74) is 4.15. The molecular weight excluding hydrogens is 495 g/mol. The van der Waals surface area contributed by atoms with Crippen LogP contribution in [0.5, 0.6) is 17.2 Å². The molecule has 0 atom stereocenters. The van der Waals surface area contributed by atoms with E-state index < -0.39 is 0 Å². The molecule has 3 aromatic rings. The molecule has 7 heteroatoms. The van der Waals surface area contributed by atoms with E-state index in [0.29, 0.717) is 46.4 Å². The Labute approximate surface area is 229 Å². The van der Waals surface area contributed by atoms with Crippen LogP contribution in [-0.2, 0) is 12.8 Å². The molecule has 0 aliphatic carbocycles. The first-order chi connectivity index (χ1) is 18.7. The molecule has 0 radical (unpaired) electrons. The molecule has 0 unspecified atom stereocenters. The average molecular weight is 533 g/mol. The van der Waals surface area contributed by atoms with E-state index in [1.54, 1.807) is 30.3 Å². The Balaban J connectivity index is 1.51. The molecule has 3 aromatic carbocycles. The average Bonchev–Trinajstić information content (AvgIpc) is 2.90. The molecule has 0 aromatic heterocycles. The van der Waals surface area contributed by atoms with Crippen molar-refractivity contribution in [3.8, 4) is 28.4 Å². The van der Waals surface area contributed by atoms with Gasteiger partial charge in [0.15, 0.2) is 0 Å². The molecule has 1 aliphatic rings. The number of rotatable bonds is 9. The quantitative estimate of drug-likeness (QED) is 0.301. The van der Waals surface area contributed by atoms with E-state index in [9.17, 15) is 19.4 Å². The number of nitrogens with one attached hydrogen (secondary N) is 1. The number of benzene rings is 3. The van der Waals surface area contributed by atoms with Crippen molar-refractivity contribution >= 4 is 5.91 Å². The summed E-state index contributed by atoms with van der Waals surface area (Å²) in [6.07, 6.45) is 4.71. The van der Waals surface area contributed by atoms with Gasteiger partial charge in [-0.25, -0.2) is 4.39 Å². The second-order valence-corrected chi connectivity index (χ2v) is 10.4. The molecule has 3 N–H and O–H groups in total. The largest absolute Gasteiger partial charge is 0.508 e. The van der Waals surface area contributed by atoms with Crippen LogP contribution in [0, 0.1) is 5.82 Å². The number of likely N-dealkylation sites (tertiary alicyclic amines) is 1. The minimum absolute atomic E-state index is 0.0441. The highest BCUT2D eigenvalue weighted by molar-refractivity contribution is 5.94. The summed E-state index contributed by atoms with van der Waals surface area (Å²) < 4.78 is 20.3. The van der Waals surface area contributed by atoms with Crippen LogP contribution < -0.4 is 10.1 Å². The summed E-state index contributed by atoms with van der Waals surface area (Å²) in [4.78, 5) is 15.1. The number of nitrogens with zero attached hydrogens (tertiary/aromatic N) is 1. The van der Waals surface area contributed by atoms with E-state index in [0.717, 1.165) is 31.5 Å². The van der Waals surface area contributed by atoms with Gasteiger partial charge in [-0.2, -0.15) is 0 Å². The third-order valence-corrected chi connectivity index (χ3v) is 7.04. The van der Waals surface area contributed by atoms with Crippen LogP contribution in [0.25, 0.3) is 11.1 Å². The maximum Gasteiger partial charge on any atom is 0.251 e. The van der Waals surface area contributed by atoms with Crippen molar-refractivity contribution in [1.29, 1.82) is 0 Å². The Hall–Kier alpha value is -3.84. The van der Waals surface area contributed by atoms with E-state index >= 15 is 0 Å². The van der Waals surface area contributed by atoms with Crippen molar-refractivity contribution in [2.45, 2.75) is 45.6 Å². The van der Waals surface area contributed by atoms with Crippen molar-refractivity contribution in [2.24, 2.45) is 0 Å². The van der Waals surface area contributed by atoms with Crippen LogP contribution in [0.3, 0.4) is 0 Å². The van der Waals surface area contributed by atoms with Crippen LogP contribution in [0.15, 0.2) is 66.2 Å². The number of carbonyl (C=O) groups is 1. The number of piperidine rings is 1. The second-order valence-electron chi connectivity index (χ2n) is 10.4. The number of amides is 1. The van der Waals surface area contributed by atoms with Crippen LogP contribution in [0.2, 0.25) is 0 Å². The Morgan fingerprint density at radius 2 is 1.85 bits per heavy atom. The van der Waals surface area contributed by atoms with Gasteiger partial charge in [0.2, 0.25) is 0 Å². The van der Waals surface area contributed by atoms with Crippen LogP contribution in [-0.4, -0.2) is 53.8 Å². The van der Waals surface area contributed by atoms with Gasteiger partial charge in [-0.3, -0.25) is 4.79 Å². The summed E-state index contributed by atoms with van der Waals surface area (Å²) in [6.45, 7) is 6.11. The minimum Gasteiger partial charge on any atom is -0.508 e. The van der Waals surface area contributed by atoms with Gasteiger partial charge in [-0.1, -0.05) is 23.8 Å². The van der Waals surface area contributed by atoms with E-state index in [1.807, 2.05) is 26.0 Å². The Morgan fingerprint density at radius 1 is 1.08 bits per heavy atom. The third-order valence-electron chi connectivity index (χ3n) is 7.04. The number of phenolic OH excluding ortho intramolecular Hbond substituents is 2. The standard InChI is InChI=1S/C32H37FN2O4/c1-21(2)7-8-23-17-24(9-10-30(23)36)32(38)34-14-11-28-29(22-5-4-6-25(33)18-22)19-27(20-31(28)37)39-26-12-15-35(3)16-13-26/h4-7,9-10,17-20,26,36-37H,8,11-16H2,1-3H3,(H,34,38). The number of phenols is 2. The fourth-order valence-corrected chi connectivity index (χ4v) is 4.78. The van der Waals surface area contributed by atoms with Crippen molar-refractivity contribution < 1.29 is 24.1 Å². The van der Waals surface area contributed by atoms with Crippen LogP contribution in [0.4, 0.5) is 4.39 Å². The first-order valence-electron chi connectivity index (χ1n) is 13.4. The van der Waals surface area contributed by atoms with Gasteiger partial charge in [0.1, 0.15) is 29.2 Å². The van der Waals surface area contributed by atoms with Gasteiger partial charge in [-0.15, -0.1) is 0 Å². The SMILES string of the molecule is CC(C)=CCc1cc(C(=O)NCCc2c(O)cc(OC3CCN(C)CC3)cc2-c2cccc(F)c2)ccc1O. The molecule has 0 saturated carbocycles. The van der Waals surface area contributed by atoms with Crippen molar-refractivity contribution in [1.82, 2.24) is 10.2 Å². The molecule has 1 heterocycles. The number of hydrogen-bond donors (Lipinski definition) is 3. The third kappa shape index (κ3) is 7.60. The number of ether oxygens (including phenoxy) is 1. The van der Waals surface area contributed by atoms with Crippen molar-refractivity contribution in [3.63, 3.8) is 0 Å². The number of halogens is 1. The maximum absolute atomic E-state index is 14.1. The fourth-order valence-electron chi connectivity index (χ4n) is 4.78. The predicted octanol–water partition coefficient (Wildman–Crippen LogP) is 5.86. The molecule has 4 rings (SSSR count). The lowest BCUT2D eigenvalue weighted by Gasteiger charge is -2.29. The minimum atomic E-state index is -0.371. The van der Waals surface area contributed by atoms with E-state index in [4.69, 9.17) is 4.74 Å². The molecule has 206 valence electrons. The molecule has 1 fully saturated rings.